The highest BCUT2D eigenvalue weighted by atomic mass is 35.5. The van der Waals surface area contributed by atoms with E-state index in [9.17, 15) is 0 Å². The maximum atomic E-state index is 5.98. The molecule has 0 aliphatic carbocycles. The molecule has 0 aliphatic heterocycles. The minimum atomic E-state index is 0.138. The molecule has 0 radical (unpaired) electrons. The first-order chi connectivity index (χ1) is 7.22. The third kappa shape index (κ3) is 2.12. The van der Waals surface area contributed by atoms with Crippen LogP contribution in [0.5, 0.6) is 0 Å². The molecule has 0 atom stereocenters. The number of hydrogen-bond acceptors (Lipinski definition) is 3. The number of H-pyrrole nitrogens is 1. The van der Waals surface area contributed by atoms with Gasteiger partial charge in [-0.2, -0.15) is 17.6 Å². The molecule has 0 fully saturated rings. The molecule has 0 spiro atoms. The van der Waals surface area contributed by atoms with Crippen molar-refractivity contribution in [1.82, 2.24) is 15.0 Å². The summed E-state index contributed by atoms with van der Waals surface area (Å²) in [5.74, 6) is 0.665. The fourth-order valence-corrected chi connectivity index (χ4v) is 1.89. The summed E-state index contributed by atoms with van der Waals surface area (Å²) >= 11 is 15.7. The number of nitrogens with zero attached hydrogens (tertiary/aromatic N) is 2. The van der Waals surface area contributed by atoms with Gasteiger partial charge in [-0.25, -0.2) is 4.98 Å². The predicted octanol–water partition coefficient (Wildman–Crippen LogP) is 3.21. The Hall–Kier alpha value is -0.710. The van der Waals surface area contributed by atoms with E-state index >= 15 is 0 Å². The van der Waals surface area contributed by atoms with Gasteiger partial charge in [-0.3, -0.25) is 0 Å². The van der Waals surface area contributed by atoms with Crippen molar-refractivity contribution in [1.29, 1.82) is 0 Å². The molecule has 0 saturated carbocycles. The van der Waals surface area contributed by atoms with E-state index in [0.29, 0.717) is 16.6 Å². The van der Waals surface area contributed by atoms with Crippen molar-refractivity contribution in [3.8, 4) is 0 Å². The van der Waals surface area contributed by atoms with Crippen molar-refractivity contribution >= 4 is 52.9 Å². The maximum Gasteiger partial charge on any atom is 0.225 e. The maximum absolute atomic E-state index is 5.98. The van der Waals surface area contributed by atoms with Crippen LogP contribution in [0.15, 0.2) is 12.3 Å². The number of aromatic nitrogens is 3. The second-order valence-corrected chi connectivity index (χ2v) is 3.90. The molecule has 15 heavy (non-hydrogen) atoms. The van der Waals surface area contributed by atoms with Crippen LogP contribution < -0.4 is 0 Å². The van der Waals surface area contributed by atoms with Crippen molar-refractivity contribution in [2.24, 2.45) is 0 Å². The van der Waals surface area contributed by atoms with Crippen LogP contribution >= 0.6 is 35.8 Å². The van der Waals surface area contributed by atoms with Gasteiger partial charge in [0.15, 0.2) is 0 Å². The summed E-state index contributed by atoms with van der Waals surface area (Å²) in [6.07, 6.45) is 5.63. The molecule has 2 heterocycles. The second kappa shape index (κ2) is 4.43. The van der Waals surface area contributed by atoms with E-state index in [4.69, 9.17) is 23.2 Å². The SMILES string of the molecule is SCC=Cc1c[nH]c2nc(Cl)nc(Cl)c12. The zero-order valence-electron chi connectivity index (χ0n) is 7.54. The first kappa shape index (κ1) is 10.8. The van der Waals surface area contributed by atoms with Crippen LogP contribution in [0.4, 0.5) is 0 Å². The molecule has 3 nitrogen and oxygen atoms in total. The van der Waals surface area contributed by atoms with E-state index in [1.807, 2.05) is 18.3 Å². The second-order valence-electron chi connectivity index (χ2n) is 2.84. The van der Waals surface area contributed by atoms with E-state index in [2.05, 4.69) is 27.6 Å². The fourth-order valence-electron chi connectivity index (χ4n) is 1.30. The molecule has 0 saturated heterocycles. The predicted molar refractivity (Wildman–Crippen MR) is 66.8 cm³/mol. The van der Waals surface area contributed by atoms with Crippen LogP contribution in [-0.2, 0) is 0 Å². The minimum absolute atomic E-state index is 0.138. The molecule has 0 amide bonds. The zero-order valence-corrected chi connectivity index (χ0v) is 9.94. The Morgan fingerprint density at radius 2 is 2.20 bits per heavy atom. The monoisotopic (exact) mass is 259 g/mol. The smallest absolute Gasteiger partial charge is 0.225 e. The molecular weight excluding hydrogens is 253 g/mol. The van der Waals surface area contributed by atoms with Crippen LogP contribution in [0.25, 0.3) is 17.1 Å². The van der Waals surface area contributed by atoms with Crippen molar-refractivity contribution in [2.75, 3.05) is 5.75 Å². The Morgan fingerprint density at radius 3 is 2.93 bits per heavy atom. The van der Waals surface area contributed by atoms with Gasteiger partial charge >= 0.3 is 0 Å². The Balaban J connectivity index is 2.63. The Labute approximate surface area is 102 Å². The van der Waals surface area contributed by atoms with Gasteiger partial charge in [0.1, 0.15) is 10.8 Å². The van der Waals surface area contributed by atoms with Crippen LogP contribution in [0.2, 0.25) is 10.4 Å². The van der Waals surface area contributed by atoms with Crippen molar-refractivity contribution in [3.05, 3.63) is 28.3 Å². The molecule has 2 aromatic heterocycles. The molecular formula is C9H7Cl2N3S. The molecule has 0 bridgehead atoms. The van der Waals surface area contributed by atoms with E-state index in [-0.39, 0.29) is 5.28 Å². The summed E-state index contributed by atoms with van der Waals surface area (Å²) in [5, 5.41) is 1.27. The summed E-state index contributed by atoms with van der Waals surface area (Å²) in [6, 6.07) is 0. The number of thiol groups is 1. The van der Waals surface area contributed by atoms with Gasteiger partial charge in [0.25, 0.3) is 0 Å². The number of fused-ring (bicyclic) bond motifs is 1. The lowest BCUT2D eigenvalue weighted by Gasteiger charge is -1.95. The van der Waals surface area contributed by atoms with Gasteiger partial charge in [0.05, 0.1) is 5.39 Å². The summed E-state index contributed by atoms with van der Waals surface area (Å²) in [7, 11) is 0. The average Bonchev–Trinajstić information content (AvgIpc) is 2.58. The van der Waals surface area contributed by atoms with Crippen LogP contribution in [0.3, 0.4) is 0 Å². The molecule has 2 rings (SSSR count). The van der Waals surface area contributed by atoms with E-state index in [1.165, 1.54) is 0 Å². The van der Waals surface area contributed by atoms with Gasteiger partial charge in [0.2, 0.25) is 5.28 Å². The summed E-state index contributed by atoms with van der Waals surface area (Å²) < 4.78 is 0. The van der Waals surface area contributed by atoms with Gasteiger partial charge in [-0.15, -0.1) is 0 Å². The first-order valence-electron chi connectivity index (χ1n) is 4.20. The van der Waals surface area contributed by atoms with E-state index < -0.39 is 0 Å². The van der Waals surface area contributed by atoms with Crippen molar-refractivity contribution in [2.45, 2.75) is 0 Å². The van der Waals surface area contributed by atoms with Gasteiger partial charge < -0.3 is 4.98 Å². The van der Waals surface area contributed by atoms with Crippen molar-refractivity contribution < 1.29 is 0 Å². The lowest BCUT2D eigenvalue weighted by atomic mass is 10.2. The van der Waals surface area contributed by atoms with E-state index in [0.717, 1.165) is 10.9 Å². The van der Waals surface area contributed by atoms with Gasteiger partial charge in [0, 0.05) is 17.5 Å². The number of halogens is 2. The van der Waals surface area contributed by atoms with E-state index in [1.54, 1.807) is 0 Å². The number of hydrogen-bond donors (Lipinski definition) is 2. The Morgan fingerprint density at radius 1 is 1.40 bits per heavy atom. The number of rotatable bonds is 2. The van der Waals surface area contributed by atoms with Crippen molar-refractivity contribution in [3.63, 3.8) is 0 Å². The standard InChI is InChI=1S/C9H7Cl2N3S/c10-7-6-5(2-1-3-15)4-12-8(6)14-9(11)13-7/h1-2,4,15H,3H2,(H,12,13,14). The third-order valence-electron chi connectivity index (χ3n) is 1.89. The largest absolute Gasteiger partial charge is 0.345 e. The summed E-state index contributed by atoms with van der Waals surface area (Å²) in [4.78, 5) is 10.9. The third-order valence-corrected chi connectivity index (χ3v) is 2.55. The zero-order chi connectivity index (χ0) is 10.8. The summed E-state index contributed by atoms with van der Waals surface area (Å²) in [5.41, 5.74) is 1.57. The van der Waals surface area contributed by atoms with Gasteiger partial charge in [-0.05, 0) is 11.6 Å². The lowest BCUT2D eigenvalue weighted by Crippen LogP contribution is -1.85. The van der Waals surface area contributed by atoms with Crippen LogP contribution in [0.1, 0.15) is 5.56 Å². The highest BCUT2D eigenvalue weighted by molar-refractivity contribution is 7.80. The summed E-state index contributed by atoms with van der Waals surface area (Å²) in [6.45, 7) is 0. The highest BCUT2D eigenvalue weighted by Crippen LogP contribution is 2.26. The highest BCUT2D eigenvalue weighted by Gasteiger charge is 2.09. The fraction of sp³-hybridized carbons (Fsp3) is 0.111. The molecule has 0 unspecified atom stereocenters. The molecule has 0 aromatic carbocycles. The molecule has 6 heteroatoms. The number of aromatic amines is 1. The Kier molecular flexibility index (Phi) is 3.19. The molecule has 1 N–H and O–H groups in total. The van der Waals surface area contributed by atoms with Crippen LogP contribution in [-0.4, -0.2) is 20.7 Å². The topological polar surface area (TPSA) is 41.6 Å². The Bertz CT molecular complexity index is 521. The average molecular weight is 260 g/mol. The van der Waals surface area contributed by atoms with Crippen LogP contribution in [0, 0.1) is 0 Å². The normalized spacial score (nSPS) is 11.7. The first-order valence-corrected chi connectivity index (χ1v) is 5.58. The molecule has 0 aliphatic rings. The lowest BCUT2D eigenvalue weighted by molar-refractivity contribution is 1.20. The van der Waals surface area contributed by atoms with Gasteiger partial charge in [-0.1, -0.05) is 23.8 Å². The minimum Gasteiger partial charge on any atom is -0.345 e. The molecule has 78 valence electrons. The quantitative estimate of drug-likeness (QED) is 0.494. The molecule has 2 aromatic rings. The number of nitrogens with one attached hydrogen (secondary N) is 1.